The number of nitrogens with one attached hydrogen (secondary N) is 1. The van der Waals surface area contributed by atoms with Gasteiger partial charge in [0.2, 0.25) is 12.2 Å². The van der Waals surface area contributed by atoms with Crippen LogP contribution < -0.4 is 10.1 Å². The zero-order valence-electron chi connectivity index (χ0n) is 18.7. The van der Waals surface area contributed by atoms with E-state index in [-0.39, 0.29) is 11.7 Å². The number of hydrogen-bond donors (Lipinski definition) is 3. The van der Waals surface area contributed by atoms with Crippen LogP contribution in [0.3, 0.4) is 0 Å². The van der Waals surface area contributed by atoms with Gasteiger partial charge in [0, 0.05) is 20.6 Å². The van der Waals surface area contributed by atoms with E-state index in [4.69, 9.17) is 14.2 Å². The molecule has 0 saturated carbocycles. The lowest BCUT2D eigenvalue weighted by Gasteiger charge is -2.46. The molecule has 7 nitrogen and oxygen atoms in total. The summed E-state index contributed by atoms with van der Waals surface area (Å²) in [7, 11) is 1.44. The number of hydrogen-bond acceptors (Lipinski definition) is 6. The number of carbonyl (C=O) groups is 1. The summed E-state index contributed by atoms with van der Waals surface area (Å²) in [4.78, 5) is 11.2. The summed E-state index contributed by atoms with van der Waals surface area (Å²) in [6.45, 7) is 5.37. The molecule has 0 spiro atoms. The van der Waals surface area contributed by atoms with E-state index in [2.05, 4.69) is 5.32 Å². The van der Waals surface area contributed by atoms with Gasteiger partial charge in [-0.15, -0.1) is 0 Å². The maximum absolute atomic E-state index is 13.9. The Balaban J connectivity index is 1.89. The van der Waals surface area contributed by atoms with Crippen molar-refractivity contribution in [3.8, 4) is 16.9 Å². The van der Waals surface area contributed by atoms with E-state index in [1.165, 1.54) is 26.2 Å². The molecule has 1 fully saturated rings. The lowest BCUT2D eigenvalue weighted by atomic mass is 9.89. The number of methoxy groups -OCH3 is 1. The van der Waals surface area contributed by atoms with E-state index < -0.39 is 30.2 Å². The van der Waals surface area contributed by atoms with Crippen molar-refractivity contribution in [1.29, 1.82) is 0 Å². The molecule has 1 saturated heterocycles. The topological polar surface area (TPSA) is 97.3 Å². The summed E-state index contributed by atoms with van der Waals surface area (Å²) >= 11 is 0. The van der Waals surface area contributed by atoms with Crippen LogP contribution in [0.5, 0.6) is 5.75 Å². The number of ether oxygens (including phenoxy) is 3. The Morgan fingerprint density at radius 3 is 2.59 bits per heavy atom. The zero-order chi connectivity index (χ0) is 23.5. The molecule has 0 unspecified atom stereocenters. The highest BCUT2D eigenvalue weighted by Gasteiger charge is 2.50. The van der Waals surface area contributed by atoms with Crippen molar-refractivity contribution in [2.75, 3.05) is 13.7 Å². The standard InChI is InChI=1S/C24H30FNO6/c1-14(27)26-11-10-15-8-9-18(13-19(15)16-6-5-7-17(25)12-16)31-23-21(29)20(28)22(30-4)24(2,3)32-23/h5-9,12-13,20-23,28-29H,10-11H2,1-4H3,(H,26,27)/t20-,21+,22+,23+/m0/s1. The molecule has 3 rings (SSSR count). The number of amides is 1. The number of carbonyl (C=O) groups excluding carboxylic acids is 1. The van der Waals surface area contributed by atoms with Gasteiger partial charge in [-0.1, -0.05) is 18.2 Å². The fraction of sp³-hybridized carbons (Fsp3) is 0.458. The lowest BCUT2D eigenvalue weighted by Crippen LogP contribution is -2.63. The van der Waals surface area contributed by atoms with Crippen LogP contribution in [0.25, 0.3) is 11.1 Å². The summed E-state index contributed by atoms with van der Waals surface area (Å²) in [6.07, 6.45) is -3.85. The molecule has 32 heavy (non-hydrogen) atoms. The molecular formula is C24H30FNO6. The van der Waals surface area contributed by atoms with Crippen LogP contribution in [0.15, 0.2) is 42.5 Å². The van der Waals surface area contributed by atoms with E-state index in [0.717, 1.165) is 11.1 Å². The van der Waals surface area contributed by atoms with Crippen molar-refractivity contribution in [2.45, 2.75) is 57.4 Å². The van der Waals surface area contributed by atoms with E-state index in [1.807, 2.05) is 6.07 Å². The van der Waals surface area contributed by atoms with Gasteiger partial charge < -0.3 is 29.7 Å². The van der Waals surface area contributed by atoms with Crippen molar-refractivity contribution in [3.05, 3.63) is 53.8 Å². The third-order valence-corrected chi connectivity index (χ3v) is 5.54. The van der Waals surface area contributed by atoms with Gasteiger partial charge in [-0.2, -0.15) is 0 Å². The molecule has 1 aliphatic rings. The van der Waals surface area contributed by atoms with Crippen LogP contribution in [0.1, 0.15) is 26.3 Å². The van der Waals surface area contributed by atoms with Gasteiger partial charge in [-0.3, -0.25) is 4.79 Å². The fourth-order valence-corrected chi connectivity index (χ4v) is 3.98. The molecule has 8 heteroatoms. The van der Waals surface area contributed by atoms with Crippen LogP contribution in [0.4, 0.5) is 4.39 Å². The van der Waals surface area contributed by atoms with Crippen molar-refractivity contribution < 1.29 is 33.6 Å². The molecule has 174 valence electrons. The minimum Gasteiger partial charge on any atom is -0.462 e. The highest BCUT2D eigenvalue weighted by atomic mass is 19.1. The van der Waals surface area contributed by atoms with Gasteiger partial charge in [-0.05, 0) is 61.2 Å². The summed E-state index contributed by atoms with van der Waals surface area (Å²) in [5.41, 5.74) is 1.37. The van der Waals surface area contributed by atoms with E-state index in [1.54, 1.807) is 38.1 Å². The largest absolute Gasteiger partial charge is 0.462 e. The van der Waals surface area contributed by atoms with Gasteiger partial charge in [0.05, 0.1) is 5.60 Å². The van der Waals surface area contributed by atoms with Gasteiger partial charge in [0.25, 0.3) is 0 Å². The van der Waals surface area contributed by atoms with Gasteiger partial charge in [0.1, 0.15) is 29.9 Å². The van der Waals surface area contributed by atoms with Crippen molar-refractivity contribution in [3.63, 3.8) is 0 Å². The second-order valence-electron chi connectivity index (χ2n) is 8.41. The fourth-order valence-electron chi connectivity index (χ4n) is 3.98. The van der Waals surface area contributed by atoms with Crippen LogP contribution in [0, 0.1) is 5.82 Å². The number of halogens is 1. The van der Waals surface area contributed by atoms with E-state index >= 15 is 0 Å². The molecule has 2 aromatic rings. The van der Waals surface area contributed by atoms with Crippen molar-refractivity contribution >= 4 is 5.91 Å². The molecule has 0 radical (unpaired) electrons. The molecule has 1 heterocycles. The maximum atomic E-state index is 13.9. The number of aliphatic hydroxyl groups is 2. The van der Waals surface area contributed by atoms with Crippen LogP contribution in [0.2, 0.25) is 0 Å². The quantitative estimate of drug-likeness (QED) is 0.603. The predicted molar refractivity (Wildman–Crippen MR) is 117 cm³/mol. The summed E-state index contributed by atoms with van der Waals surface area (Å²) in [6, 6.07) is 11.5. The smallest absolute Gasteiger partial charge is 0.229 e. The van der Waals surface area contributed by atoms with Crippen LogP contribution >= 0.6 is 0 Å². The second kappa shape index (κ2) is 9.95. The molecule has 0 aliphatic carbocycles. The molecule has 2 aromatic carbocycles. The average molecular weight is 448 g/mol. The second-order valence-corrected chi connectivity index (χ2v) is 8.41. The Morgan fingerprint density at radius 1 is 1.19 bits per heavy atom. The molecule has 0 aromatic heterocycles. The van der Waals surface area contributed by atoms with Crippen molar-refractivity contribution in [2.24, 2.45) is 0 Å². The van der Waals surface area contributed by atoms with E-state index in [9.17, 15) is 19.4 Å². The predicted octanol–water partition coefficient (Wildman–Crippen LogP) is 2.42. The third-order valence-electron chi connectivity index (χ3n) is 5.54. The number of benzene rings is 2. The highest BCUT2D eigenvalue weighted by Crippen LogP contribution is 2.34. The van der Waals surface area contributed by atoms with Crippen molar-refractivity contribution in [1.82, 2.24) is 5.32 Å². The average Bonchev–Trinajstić information content (AvgIpc) is 2.72. The van der Waals surface area contributed by atoms with E-state index in [0.29, 0.717) is 24.3 Å². The van der Waals surface area contributed by atoms with Crippen LogP contribution in [-0.2, 0) is 20.7 Å². The summed E-state index contributed by atoms with van der Waals surface area (Å²) < 4.78 is 31.0. The van der Waals surface area contributed by atoms with Crippen LogP contribution in [-0.4, -0.2) is 60.0 Å². The molecule has 1 aliphatic heterocycles. The van der Waals surface area contributed by atoms with Gasteiger partial charge in [-0.25, -0.2) is 4.39 Å². The summed E-state index contributed by atoms with van der Waals surface area (Å²) in [5, 5.41) is 23.7. The summed E-state index contributed by atoms with van der Waals surface area (Å²) in [5.74, 6) is -0.116. The first-order valence-electron chi connectivity index (χ1n) is 10.5. The Kier molecular flexibility index (Phi) is 7.51. The Labute approximate surface area is 187 Å². The van der Waals surface area contributed by atoms with Gasteiger partial charge >= 0.3 is 0 Å². The van der Waals surface area contributed by atoms with Gasteiger partial charge in [0.15, 0.2) is 0 Å². The first-order valence-corrected chi connectivity index (χ1v) is 10.5. The Morgan fingerprint density at radius 2 is 1.94 bits per heavy atom. The first-order chi connectivity index (χ1) is 15.1. The normalized spacial score (nSPS) is 24.7. The molecular weight excluding hydrogens is 417 g/mol. The minimum atomic E-state index is -1.33. The maximum Gasteiger partial charge on any atom is 0.229 e. The Hall–Kier alpha value is -2.52. The first kappa shape index (κ1) is 24.1. The minimum absolute atomic E-state index is 0.128. The zero-order valence-corrected chi connectivity index (χ0v) is 18.7. The monoisotopic (exact) mass is 447 g/mol. The lowest BCUT2D eigenvalue weighted by molar-refractivity contribution is -0.305. The number of aliphatic hydroxyl groups excluding tert-OH is 2. The molecule has 1 amide bonds. The molecule has 3 N–H and O–H groups in total. The third kappa shape index (κ3) is 5.45. The Bertz CT molecular complexity index is 950. The highest BCUT2D eigenvalue weighted by molar-refractivity contribution is 5.73. The molecule has 4 atom stereocenters. The SMILES string of the molecule is CO[C@@H]1[C@@H](O)[C@@H](O)[C@H](Oc2ccc(CCNC(C)=O)c(-c3cccc(F)c3)c2)OC1(C)C. The number of rotatable bonds is 7. The molecule has 0 bridgehead atoms.